The SMILES string of the molecule is CC(CCOC(=O)CSSCC(=O)OCCC(C)CC(C)(C)C)CC(C)(C)C. The molecule has 0 aromatic heterocycles. The minimum atomic E-state index is -0.218. The van der Waals surface area contributed by atoms with Gasteiger partial charge in [-0.2, -0.15) is 0 Å². The zero-order valence-corrected chi connectivity index (χ0v) is 20.9. The van der Waals surface area contributed by atoms with Crippen LogP contribution in [0.1, 0.15) is 81.1 Å². The van der Waals surface area contributed by atoms with Gasteiger partial charge in [0.25, 0.3) is 0 Å². The van der Waals surface area contributed by atoms with Gasteiger partial charge < -0.3 is 9.47 Å². The molecule has 6 heteroatoms. The van der Waals surface area contributed by atoms with Crippen molar-refractivity contribution >= 4 is 33.5 Å². The van der Waals surface area contributed by atoms with Crippen molar-refractivity contribution in [3.8, 4) is 0 Å². The number of carbonyl (C=O) groups excluding carboxylic acids is 2. The molecule has 4 nitrogen and oxygen atoms in total. The lowest BCUT2D eigenvalue weighted by Gasteiger charge is -2.23. The first-order valence-corrected chi connectivity index (χ1v) is 12.8. The first-order chi connectivity index (χ1) is 12.8. The molecule has 166 valence electrons. The zero-order chi connectivity index (χ0) is 21.8. The fourth-order valence-corrected chi connectivity index (χ4v) is 4.91. The number of hydrogen-bond acceptors (Lipinski definition) is 6. The average Bonchev–Trinajstić information content (AvgIpc) is 2.48. The lowest BCUT2D eigenvalue weighted by Crippen LogP contribution is -2.15. The summed E-state index contributed by atoms with van der Waals surface area (Å²) >= 11 is 0. The van der Waals surface area contributed by atoms with E-state index in [-0.39, 0.29) is 23.4 Å². The Labute approximate surface area is 181 Å². The van der Waals surface area contributed by atoms with Gasteiger partial charge in [0, 0.05) is 0 Å². The van der Waals surface area contributed by atoms with Crippen molar-refractivity contribution in [2.45, 2.75) is 81.1 Å². The zero-order valence-electron chi connectivity index (χ0n) is 19.3. The average molecular weight is 435 g/mol. The fourth-order valence-electron chi connectivity index (χ4n) is 3.31. The van der Waals surface area contributed by atoms with Crippen molar-refractivity contribution in [1.29, 1.82) is 0 Å². The Hall–Kier alpha value is -0.360. The van der Waals surface area contributed by atoms with Crippen LogP contribution in [0, 0.1) is 22.7 Å². The molecule has 2 unspecified atom stereocenters. The highest BCUT2D eigenvalue weighted by atomic mass is 33.1. The van der Waals surface area contributed by atoms with E-state index in [1.807, 2.05) is 0 Å². The second-order valence-electron chi connectivity index (χ2n) is 10.3. The van der Waals surface area contributed by atoms with Crippen LogP contribution in [0.4, 0.5) is 0 Å². The summed E-state index contributed by atoms with van der Waals surface area (Å²) in [7, 11) is 2.69. The van der Waals surface area contributed by atoms with Crippen LogP contribution in [0.3, 0.4) is 0 Å². The van der Waals surface area contributed by atoms with Crippen LogP contribution in [0.15, 0.2) is 0 Å². The summed E-state index contributed by atoms with van der Waals surface area (Å²) in [4.78, 5) is 23.5. The van der Waals surface area contributed by atoms with Gasteiger partial charge >= 0.3 is 11.9 Å². The molecule has 0 aliphatic heterocycles. The number of rotatable bonds is 13. The normalized spacial score (nSPS) is 14.4. The Morgan fingerprint density at radius 2 is 1.04 bits per heavy atom. The minimum Gasteiger partial charge on any atom is -0.465 e. The van der Waals surface area contributed by atoms with Crippen molar-refractivity contribution < 1.29 is 19.1 Å². The van der Waals surface area contributed by atoms with Crippen molar-refractivity contribution in [2.24, 2.45) is 22.7 Å². The summed E-state index contributed by atoms with van der Waals surface area (Å²) in [6, 6.07) is 0. The molecule has 28 heavy (non-hydrogen) atoms. The van der Waals surface area contributed by atoms with Crippen molar-refractivity contribution in [1.82, 2.24) is 0 Å². The second kappa shape index (κ2) is 13.8. The van der Waals surface area contributed by atoms with E-state index in [2.05, 4.69) is 55.4 Å². The highest BCUT2D eigenvalue weighted by Gasteiger charge is 2.17. The Morgan fingerprint density at radius 1 is 0.714 bits per heavy atom. The summed E-state index contributed by atoms with van der Waals surface area (Å²) in [5.74, 6) is 1.16. The number of hydrogen-bond donors (Lipinski definition) is 0. The largest absolute Gasteiger partial charge is 0.465 e. The maximum absolute atomic E-state index is 11.7. The van der Waals surface area contributed by atoms with Crippen LogP contribution in [0.25, 0.3) is 0 Å². The molecule has 0 aliphatic rings. The van der Waals surface area contributed by atoms with Crippen LogP contribution < -0.4 is 0 Å². The van der Waals surface area contributed by atoms with Gasteiger partial charge in [-0.15, -0.1) is 0 Å². The highest BCUT2D eigenvalue weighted by Crippen LogP contribution is 2.27. The van der Waals surface area contributed by atoms with E-state index in [0.29, 0.717) is 35.9 Å². The minimum absolute atomic E-state index is 0.218. The summed E-state index contributed by atoms with van der Waals surface area (Å²) in [6.45, 7) is 18.7. The molecule has 0 heterocycles. The standard InChI is InChI=1S/C22H42O4S2/c1-17(13-21(3,4)5)9-11-25-19(23)15-27-28-16-20(24)26-12-10-18(2)14-22(6,7)8/h17-18H,9-16H2,1-8H3. The summed E-state index contributed by atoms with van der Waals surface area (Å²) in [5.41, 5.74) is 0.602. The number of ether oxygens (including phenoxy) is 2. The van der Waals surface area contributed by atoms with Gasteiger partial charge in [-0.3, -0.25) is 9.59 Å². The van der Waals surface area contributed by atoms with Crippen LogP contribution in [0.2, 0.25) is 0 Å². The molecule has 2 atom stereocenters. The van der Waals surface area contributed by atoms with E-state index >= 15 is 0 Å². The third kappa shape index (κ3) is 19.0. The van der Waals surface area contributed by atoms with E-state index in [0.717, 1.165) is 25.7 Å². The molecule has 0 amide bonds. The van der Waals surface area contributed by atoms with Gasteiger partial charge in [0.05, 0.1) is 13.2 Å². The van der Waals surface area contributed by atoms with Gasteiger partial charge in [0.1, 0.15) is 11.5 Å². The second-order valence-corrected chi connectivity index (χ2v) is 12.7. The van der Waals surface area contributed by atoms with Crippen LogP contribution in [-0.4, -0.2) is 36.7 Å². The van der Waals surface area contributed by atoms with Crippen molar-refractivity contribution in [3.63, 3.8) is 0 Å². The molecule has 0 aliphatic carbocycles. The lowest BCUT2D eigenvalue weighted by molar-refractivity contribution is -0.141. The Kier molecular flexibility index (Phi) is 13.6. The van der Waals surface area contributed by atoms with E-state index < -0.39 is 0 Å². The molecular weight excluding hydrogens is 392 g/mol. The molecule has 0 fully saturated rings. The van der Waals surface area contributed by atoms with Crippen molar-refractivity contribution in [2.75, 3.05) is 24.7 Å². The third-order valence-electron chi connectivity index (χ3n) is 4.11. The number of esters is 2. The van der Waals surface area contributed by atoms with E-state index in [4.69, 9.17) is 9.47 Å². The molecule has 0 radical (unpaired) electrons. The predicted molar refractivity (Wildman–Crippen MR) is 123 cm³/mol. The van der Waals surface area contributed by atoms with Gasteiger partial charge in [0.2, 0.25) is 0 Å². The maximum Gasteiger partial charge on any atom is 0.316 e. The predicted octanol–water partition coefficient (Wildman–Crippen LogP) is 6.38. The molecule has 0 saturated carbocycles. The smallest absolute Gasteiger partial charge is 0.316 e. The van der Waals surface area contributed by atoms with E-state index in [9.17, 15) is 9.59 Å². The first-order valence-electron chi connectivity index (χ1n) is 10.3. The summed E-state index contributed by atoms with van der Waals surface area (Å²) in [6.07, 6.45) is 4.01. The molecule has 0 aromatic rings. The van der Waals surface area contributed by atoms with Crippen molar-refractivity contribution in [3.05, 3.63) is 0 Å². The Bertz CT molecular complexity index is 410. The lowest BCUT2D eigenvalue weighted by atomic mass is 9.84. The van der Waals surface area contributed by atoms with Gasteiger partial charge in [0.15, 0.2) is 0 Å². The van der Waals surface area contributed by atoms with Crippen LogP contribution in [-0.2, 0) is 19.1 Å². The molecule has 0 rings (SSSR count). The molecule has 0 bridgehead atoms. The monoisotopic (exact) mass is 434 g/mol. The topological polar surface area (TPSA) is 52.6 Å². The maximum atomic E-state index is 11.7. The first kappa shape index (κ1) is 27.6. The Morgan fingerprint density at radius 3 is 1.32 bits per heavy atom. The van der Waals surface area contributed by atoms with Gasteiger partial charge in [-0.25, -0.2) is 0 Å². The van der Waals surface area contributed by atoms with Gasteiger partial charge in [-0.05, 0) is 48.3 Å². The van der Waals surface area contributed by atoms with E-state index in [1.165, 1.54) is 21.6 Å². The third-order valence-corrected chi connectivity index (χ3v) is 6.19. The van der Waals surface area contributed by atoms with Crippen LogP contribution >= 0.6 is 21.6 Å². The molecule has 0 aromatic carbocycles. The fraction of sp³-hybridized carbons (Fsp3) is 0.909. The van der Waals surface area contributed by atoms with E-state index in [1.54, 1.807) is 0 Å². The van der Waals surface area contributed by atoms with Gasteiger partial charge in [-0.1, -0.05) is 77.0 Å². The molecule has 0 spiro atoms. The molecule has 0 saturated heterocycles. The number of carbonyl (C=O) groups is 2. The summed E-state index contributed by atoms with van der Waals surface area (Å²) in [5, 5.41) is 0. The molecular formula is C22H42O4S2. The molecule has 0 N–H and O–H groups in total. The quantitative estimate of drug-likeness (QED) is 0.190. The highest BCUT2D eigenvalue weighted by molar-refractivity contribution is 8.77. The van der Waals surface area contributed by atoms with Crippen LogP contribution in [0.5, 0.6) is 0 Å². The Balaban J connectivity index is 3.67. The summed E-state index contributed by atoms with van der Waals surface area (Å²) < 4.78 is 10.6.